The van der Waals surface area contributed by atoms with Gasteiger partial charge in [-0.1, -0.05) is 15.9 Å². The van der Waals surface area contributed by atoms with Gasteiger partial charge >= 0.3 is 0 Å². The predicted octanol–water partition coefficient (Wildman–Crippen LogP) is 3.79. The second kappa shape index (κ2) is 4.78. The minimum Gasteiger partial charge on any atom is -0.308 e. The first-order valence-electron chi connectivity index (χ1n) is 6.01. The molecule has 0 fully saturated rings. The maximum Gasteiger partial charge on any atom is 0.258 e. The Kier molecular flexibility index (Phi) is 3.11. The maximum atomic E-state index is 12.9. The zero-order valence-corrected chi connectivity index (χ0v) is 11.7. The van der Waals surface area contributed by atoms with Crippen LogP contribution in [0.4, 0.5) is 10.1 Å². The normalized spacial score (nSPS) is 13.5. The molecule has 2 aromatic carbocycles. The Hall–Kier alpha value is -1.68. The summed E-state index contributed by atoms with van der Waals surface area (Å²) in [4.78, 5) is 14.1. The van der Waals surface area contributed by atoms with Crippen LogP contribution in [0.15, 0.2) is 46.9 Å². The number of benzene rings is 2. The lowest BCUT2D eigenvalue weighted by atomic mass is 10.1. The summed E-state index contributed by atoms with van der Waals surface area (Å²) in [6.45, 7) is 0.669. The SMILES string of the molecule is O=C(c1ccc(F)cc1)N1CCc2cc(Br)ccc21. The molecule has 1 aliphatic rings. The number of rotatable bonds is 1. The van der Waals surface area contributed by atoms with E-state index in [1.165, 1.54) is 24.3 Å². The Labute approximate surface area is 119 Å². The average Bonchev–Trinajstić information content (AvgIpc) is 2.81. The van der Waals surface area contributed by atoms with E-state index in [-0.39, 0.29) is 11.7 Å². The third-order valence-electron chi connectivity index (χ3n) is 3.27. The van der Waals surface area contributed by atoms with Crippen LogP contribution in [0.2, 0.25) is 0 Å². The summed E-state index contributed by atoms with van der Waals surface area (Å²) in [6.07, 6.45) is 0.849. The van der Waals surface area contributed by atoms with Gasteiger partial charge in [-0.15, -0.1) is 0 Å². The largest absolute Gasteiger partial charge is 0.308 e. The van der Waals surface area contributed by atoms with Crippen LogP contribution in [-0.4, -0.2) is 12.5 Å². The van der Waals surface area contributed by atoms with E-state index in [9.17, 15) is 9.18 Å². The van der Waals surface area contributed by atoms with E-state index in [0.29, 0.717) is 12.1 Å². The van der Waals surface area contributed by atoms with E-state index in [1.807, 2.05) is 18.2 Å². The molecule has 0 radical (unpaired) electrons. The smallest absolute Gasteiger partial charge is 0.258 e. The van der Waals surface area contributed by atoms with Crippen molar-refractivity contribution in [3.63, 3.8) is 0 Å². The fraction of sp³-hybridized carbons (Fsp3) is 0.133. The van der Waals surface area contributed by atoms with Crippen molar-refractivity contribution in [1.29, 1.82) is 0 Å². The van der Waals surface area contributed by atoms with Crippen molar-refractivity contribution in [2.24, 2.45) is 0 Å². The van der Waals surface area contributed by atoms with Crippen LogP contribution in [0, 0.1) is 5.82 Å². The number of hydrogen-bond donors (Lipinski definition) is 0. The van der Waals surface area contributed by atoms with Crippen molar-refractivity contribution in [3.8, 4) is 0 Å². The van der Waals surface area contributed by atoms with Crippen LogP contribution in [0.3, 0.4) is 0 Å². The highest BCUT2D eigenvalue weighted by Gasteiger charge is 2.25. The number of amides is 1. The molecule has 0 unspecified atom stereocenters. The number of halogens is 2. The van der Waals surface area contributed by atoms with Gasteiger partial charge in [0.05, 0.1) is 0 Å². The highest BCUT2D eigenvalue weighted by atomic mass is 79.9. The molecule has 0 spiro atoms. The molecule has 1 amide bonds. The Morgan fingerprint density at radius 1 is 1.16 bits per heavy atom. The van der Waals surface area contributed by atoms with Crippen molar-refractivity contribution in [2.75, 3.05) is 11.4 Å². The molecule has 1 aliphatic heterocycles. The van der Waals surface area contributed by atoms with Crippen LogP contribution in [0.25, 0.3) is 0 Å². The minimum atomic E-state index is -0.331. The molecule has 2 aromatic rings. The molecule has 0 bridgehead atoms. The van der Waals surface area contributed by atoms with Crippen molar-refractivity contribution < 1.29 is 9.18 Å². The summed E-state index contributed by atoms with van der Waals surface area (Å²) in [5.74, 6) is -0.414. The van der Waals surface area contributed by atoms with Gasteiger partial charge in [-0.3, -0.25) is 4.79 Å². The monoisotopic (exact) mass is 319 g/mol. The van der Waals surface area contributed by atoms with E-state index in [4.69, 9.17) is 0 Å². The summed E-state index contributed by atoms with van der Waals surface area (Å²) in [5, 5.41) is 0. The van der Waals surface area contributed by atoms with Crippen molar-refractivity contribution in [3.05, 3.63) is 63.9 Å². The van der Waals surface area contributed by atoms with Gasteiger partial charge in [0.1, 0.15) is 5.82 Å². The lowest BCUT2D eigenvalue weighted by molar-refractivity contribution is 0.0989. The number of hydrogen-bond acceptors (Lipinski definition) is 1. The molecule has 1 heterocycles. The number of carbonyl (C=O) groups is 1. The lowest BCUT2D eigenvalue weighted by Crippen LogP contribution is -2.28. The first-order chi connectivity index (χ1) is 9.15. The van der Waals surface area contributed by atoms with Gasteiger partial charge in [0.15, 0.2) is 0 Å². The first kappa shape index (κ1) is 12.4. The van der Waals surface area contributed by atoms with E-state index in [2.05, 4.69) is 15.9 Å². The van der Waals surface area contributed by atoms with Gasteiger partial charge in [-0.2, -0.15) is 0 Å². The Bertz CT molecular complexity index is 639. The molecule has 0 saturated heterocycles. The molecule has 4 heteroatoms. The van der Waals surface area contributed by atoms with E-state index in [0.717, 1.165) is 22.1 Å². The van der Waals surface area contributed by atoms with Crippen molar-refractivity contribution in [1.82, 2.24) is 0 Å². The fourth-order valence-electron chi connectivity index (χ4n) is 2.33. The summed E-state index contributed by atoms with van der Waals surface area (Å²) in [7, 11) is 0. The van der Waals surface area contributed by atoms with Crippen LogP contribution >= 0.6 is 15.9 Å². The van der Waals surface area contributed by atoms with Gasteiger partial charge in [-0.25, -0.2) is 4.39 Å². The van der Waals surface area contributed by atoms with Gasteiger partial charge in [0, 0.05) is 22.3 Å². The third-order valence-corrected chi connectivity index (χ3v) is 3.77. The average molecular weight is 320 g/mol. The highest BCUT2D eigenvalue weighted by Crippen LogP contribution is 2.31. The van der Waals surface area contributed by atoms with E-state index < -0.39 is 0 Å². The Balaban J connectivity index is 1.93. The minimum absolute atomic E-state index is 0.0823. The lowest BCUT2D eigenvalue weighted by Gasteiger charge is -2.17. The maximum absolute atomic E-state index is 12.9. The molecule has 0 aliphatic carbocycles. The third kappa shape index (κ3) is 2.28. The Morgan fingerprint density at radius 2 is 1.89 bits per heavy atom. The van der Waals surface area contributed by atoms with E-state index in [1.54, 1.807) is 4.90 Å². The molecule has 3 rings (SSSR count). The van der Waals surface area contributed by atoms with Crippen LogP contribution in [0.1, 0.15) is 15.9 Å². The Morgan fingerprint density at radius 3 is 2.63 bits per heavy atom. The molecule has 0 saturated carbocycles. The first-order valence-corrected chi connectivity index (χ1v) is 6.80. The molecule has 0 N–H and O–H groups in total. The van der Waals surface area contributed by atoms with Crippen LogP contribution < -0.4 is 4.90 Å². The van der Waals surface area contributed by atoms with Crippen LogP contribution in [-0.2, 0) is 6.42 Å². The standard InChI is InChI=1S/C15H11BrFNO/c16-12-3-6-14-11(9-12)7-8-18(14)15(19)10-1-4-13(17)5-2-10/h1-6,9H,7-8H2. The van der Waals surface area contributed by atoms with Crippen molar-refractivity contribution in [2.45, 2.75) is 6.42 Å². The zero-order chi connectivity index (χ0) is 13.4. The molecular formula is C15H11BrFNO. The second-order valence-corrected chi connectivity index (χ2v) is 5.40. The molecule has 0 aromatic heterocycles. The molecule has 0 atom stereocenters. The summed E-state index contributed by atoms with van der Waals surface area (Å²) in [6, 6.07) is 11.6. The number of carbonyl (C=O) groups excluding carboxylic acids is 1. The summed E-state index contributed by atoms with van der Waals surface area (Å²) < 4.78 is 13.9. The van der Waals surface area contributed by atoms with Gasteiger partial charge in [0.25, 0.3) is 5.91 Å². The van der Waals surface area contributed by atoms with Crippen LogP contribution in [0.5, 0.6) is 0 Å². The fourth-order valence-corrected chi connectivity index (χ4v) is 2.74. The van der Waals surface area contributed by atoms with Gasteiger partial charge < -0.3 is 4.90 Å². The zero-order valence-electron chi connectivity index (χ0n) is 10.1. The summed E-state index contributed by atoms with van der Waals surface area (Å²) >= 11 is 3.43. The predicted molar refractivity (Wildman–Crippen MR) is 75.9 cm³/mol. The van der Waals surface area contributed by atoms with E-state index >= 15 is 0 Å². The van der Waals surface area contributed by atoms with Crippen molar-refractivity contribution >= 4 is 27.5 Å². The van der Waals surface area contributed by atoms with Gasteiger partial charge in [-0.05, 0) is 54.4 Å². The second-order valence-electron chi connectivity index (χ2n) is 4.49. The summed E-state index contributed by atoms with van der Waals surface area (Å²) in [5.41, 5.74) is 2.61. The quantitative estimate of drug-likeness (QED) is 0.783. The highest BCUT2D eigenvalue weighted by molar-refractivity contribution is 9.10. The molecule has 19 heavy (non-hydrogen) atoms. The number of anilines is 1. The van der Waals surface area contributed by atoms with Gasteiger partial charge in [0.2, 0.25) is 0 Å². The molecule has 2 nitrogen and oxygen atoms in total. The molecular weight excluding hydrogens is 309 g/mol. The molecule has 96 valence electrons. The number of fused-ring (bicyclic) bond motifs is 1. The topological polar surface area (TPSA) is 20.3 Å². The number of nitrogens with zero attached hydrogens (tertiary/aromatic N) is 1.